The predicted octanol–water partition coefficient (Wildman–Crippen LogP) is 4.30. The Balaban J connectivity index is 1.71. The van der Waals surface area contributed by atoms with E-state index in [0.29, 0.717) is 23.5 Å². The SMILES string of the molecule is CC1(C)C(=O)CC[C@]2(C)[C@@H]1CC[C@@]13CC(CC[C@H]12)C(C(=O)O)C3. The zero-order chi connectivity index (χ0) is 16.6. The Morgan fingerprint density at radius 3 is 2.48 bits per heavy atom. The Bertz CT molecular complexity index is 565. The van der Waals surface area contributed by atoms with E-state index in [9.17, 15) is 14.7 Å². The summed E-state index contributed by atoms with van der Waals surface area (Å²) in [6, 6.07) is 0. The van der Waals surface area contributed by atoms with Crippen LogP contribution in [0.1, 0.15) is 72.1 Å². The molecule has 1 spiro atoms. The van der Waals surface area contributed by atoms with Gasteiger partial charge in [0.1, 0.15) is 5.78 Å². The summed E-state index contributed by atoms with van der Waals surface area (Å²) in [5, 5.41) is 9.62. The molecule has 4 saturated carbocycles. The lowest BCUT2D eigenvalue weighted by Gasteiger charge is -2.63. The molecule has 0 aromatic heterocycles. The van der Waals surface area contributed by atoms with E-state index in [1.807, 2.05) is 0 Å². The molecule has 128 valence electrons. The summed E-state index contributed by atoms with van der Waals surface area (Å²) in [6.07, 6.45) is 8.30. The van der Waals surface area contributed by atoms with Crippen molar-refractivity contribution in [3.8, 4) is 0 Å². The fourth-order valence-corrected chi connectivity index (χ4v) is 7.76. The van der Waals surface area contributed by atoms with Crippen LogP contribution in [0.4, 0.5) is 0 Å². The second-order valence-electron chi connectivity index (χ2n) is 9.85. The highest BCUT2D eigenvalue weighted by Gasteiger charge is 2.65. The lowest BCUT2D eigenvalue weighted by atomic mass is 9.41. The maximum atomic E-state index is 12.5. The smallest absolute Gasteiger partial charge is 0.306 e. The van der Waals surface area contributed by atoms with Crippen LogP contribution < -0.4 is 0 Å². The van der Waals surface area contributed by atoms with Crippen LogP contribution >= 0.6 is 0 Å². The van der Waals surface area contributed by atoms with Crippen molar-refractivity contribution in [2.24, 2.45) is 39.9 Å². The second-order valence-corrected chi connectivity index (χ2v) is 9.85. The van der Waals surface area contributed by atoms with Gasteiger partial charge in [0.15, 0.2) is 0 Å². The molecule has 4 aliphatic rings. The fraction of sp³-hybridized carbons (Fsp3) is 0.900. The minimum absolute atomic E-state index is 0.113. The van der Waals surface area contributed by atoms with Crippen molar-refractivity contribution in [2.45, 2.75) is 72.1 Å². The molecule has 0 radical (unpaired) electrons. The van der Waals surface area contributed by atoms with Crippen molar-refractivity contribution < 1.29 is 14.7 Å². The van der Waals surface area contributed by atoms with Gasteiger partial charge in [-0.2, -0.15) is 0 Å². The van der Waals surface area contributed by atoms with Crippen LogP contribution in [-0.4, -0.2) is 16.9 Å². The number of hydrogen-bond donors (Lipinski definition) is 1. The van der Waals surface area contributed by atoms with Crippen LogP contribution in [-0.2, 0) is 9.59 Å². The average molecular weight is 318 g/mol. The molecule has 0 saturated heterocycles. The van der Waals surface area contributed by atoms with Gasteiger partial charge in [0.25, 0.3) is 0 Å². The third kappa shape index (κ3) is 1.88. The van der Waals surface area contributed by atoms with Crippen molar-refractivity contribution in [3.63, 3.8) is 0 Å². The first-order chi connectivity index (χ1) is 10.7. The van der Waals surface area contributed by atoms with Gasteiger partial charge in [-0.1, -0.05) is 20.8 Å². The summed E-state index contributed by atoms with van der Waals surface area (Å²) in [6.45, 7) is 6.76. The molecule has 6 atom stereocenters. The summed E-state index contributed by atoms with van der Waals surface area (Å²) in [5.74, 6) is 1.27. The lowest BCUT2D eigenvalue weighted by Crippen LogP contribution is -2.58. The first-order valence-corrected chi connectivity index (χ1v) is 9.47. The lowest BCUT2D eigenvalue weighted by molar-refractivity contribution is -0.165. The van der Waals surface area contributed by atoms with Gasteiger partial charge in [-0.15, -0.1) is 0 Å². The minimum Gasteiger partial charge on any atom is -0.481 e. The molecule has 4 rings (SSSR count). The zero-order valence-electron chi connectivity index (χ0n) is 14.7. The monoisotopic (exact) mass is 318 g/mol. The highest BCUT2D eigenvalue weighted by atomic mass is 16.4. The predicted molar refractivity (Wildman–Crippen MR) is 87.9 cm³/mol. The Hall–Kier alpha value is -0.860. The average Bonchev–Trinajstić information content (AvgIpc) is 2.75. The first-order valence-electron chi connectivity index (χ1n) is 9.47. The normalized spacial score (nSPS) is 51.0. The van der Waals surface area contributed by atoms with Gasteiger partial charge in [0, 0.05) is 11.8 Å². The van der Waals surface area contributed by atoms with E-state index in [0.717, 1.165) is 44.9 Å². The fourth-order valence-electron chi connectivity index (χ4n) is 7.76. The second kappa shape index (κ2) is 4.61. The molecule has 0 aromatic rings. The van der Waals surface area contributed by atoms with E-state index in [2.05, 4.69) is 20.8 Å². The molecule has 0 heterocycles. The number of hydrogen-bond acceptors (Lipinski definition) is 2. The summed E-state index contributed by atoms with van der Waals surface area (Å²) in [7, 11) is 0. The van der Waals surface area contributed by atoms with Gasteiger partial charge < -0.3 is 5.11 Å². The molecule has 2 bridgehead atoms. The zero-order valence-corrected chi connectivity index (χ0v) is 14.7. The van der Waals surface area contributed by atoms with Crippen molar-refractivity contribution in [1.82, 2.24) is 0 Å². The number of carboxylic acids is 1. The standard InChI is InChI=1S/C20H30O3/c1-18(2)14-6-9-20-10-12(13(11-20)17(22)23)4-5-15(20)19(14,3)8-7-16(18)21/h12-15H,4-11H2,1-3H3,(H,22,23)/t12?,13?,14-,15+,19-,20+/m1/s1. The van der Waals surface area contributed by atoms with E-state index in [1.54, 1.807) is 0 Å². The van der Waals surface area contributed by atoms with E-state index >= 15 is 0 Å². The molecule has 3 nitrogen and oxygen atoms in total. The number of fused-ring (bicyclic) bond motifs is 3. The molecule has 0 amide bonds. The topological polar surface area (TPSA) is 54.4 Å². The maximum absolute atomic E-state index is 12.5. The summed E-state index contributed by atoms with van der Waals surface area (Å²) in [4.78, 5) is 24.2. The molecule has 2 unspecified atom stereocenters. The number of Topliss-reactive ketones (excluding diaryl/α,β-unsaturated/α-hetero) is 1. The van der Waals surface area contributed by atoms with E-state index in [4.69, 9.17) is 0 Å². The van der Waals surface area contributed by atoms with Crippen LogP contribution in [0.2, 0.25) is 0 Å². The molecule has 0 aromatic carbocycles. The van der Waals surface area contributed by atoms with Crippen molar-refractivity contribution in [3.05, 3.63) is 0 Å². The molecular weight excluding hydrogens is 288 g/mol. The summed E-state index contributed by atoms with van der Waals surface area (Å²) in [5.41, 5.74) is 0.290. The van der Waals surface area contributed by atoms with Crippen LogP contribution in [0.15, 0.2) is 0 Å². The Morgan fingerprint density at radius 1 is 1.04 bits per heavy atom. The van der Waals surface area contributed by atoms with Gasteiger partial charge in [-0.25, -0.2) is 0 Å². The number of carboxylic acid groups (broad SMARTS) is 1. The van der Waals surface area contributed by atoms with Gasteiger partial charge in [-0.3, -0.25) is 9.59 Å². The maximum Gasteiger partial charge on any atom is 0.306 e. The van der Waals surface area contributed by atoms with Crippen molar-refractivity contribution >= 4 is 11.8 Å². The quantitative estimate of drug-likeness (QED) is 0.784. The molecule has 4 aliphatic carbocycles. The number of rotatable bonds is 1. The molecule has 3 heteroatoms. The van der Waals surface area contributed by atoms with Gasteiger partial charge in [0.2, 0.25) is 0 Å². The molecule has 0 aliphatic heterocycles. The van der Waals surface area contributed by atoms with Gasteiger partial charge >= 0.3 is 5.97 Å². The van der Waals surface area contributed by atoms with Crippen LogP contribution in [0.5, 0.6) is 0 Å². The number of ketones is 1. The molecule has 23 heavy (non-hydrogen) atoms. The molecular formula is C20H30O3. The third-order valence-corrected chi connectivity index (χ3v) is 8.75. The Kier molecular flexibility index (Phi) is 3.14. The van der Waals surface area contributed by atoms with Crippen molar-refractivity contribution in [2.75, 3.05) is 0 Å². The Labute approximate surface area is 139 Å². The van der Waals surface area contributed by atoms with Crippen LogP contribution in [0.25, 0.3) is 0 Å². The largest absolute Gasteiger partial charge is 0.481 e. The van der Waals surface area contributed by atoms with E-state index < -0.39 is 5.97 Å². The summed E-state index contributed by atoms with van der Waals surface area (Å²) >= 11 is 0. The van der Waals surface area contributed by atoms with Crippen LogP contribution in [0, 0.1) is 39.9 Å². The number of aliphatic carboxylic acids is 1. The highest BCUT2D eigenvalue weighted by Crippen LogP contribution is 2.71. The van der Waals surface area contributed by atoms with Crippen LogP contribution in [0.3, 0.4) is 0 Å². The minimum atomic E-state index is -0.570. The summed E-state index contributed by atoms with van der Waals surface area (Å²) < 4.78 is 0. The third-order valence-electron chi connectivity index (χ3n) is 8.75. The molecule has 4 fully saturated rings. The van der Waals surface area contributed by atoms with Crippen molar-refractivity contribution in [1.29, 1.82) is 0 Å². The number of carbonyl (C=O) groups excluding carboxylic acids is 1. The molecule has 1 N–H and O–H groups in total. The highest BCUT2D eigenvalue weighted by molar-refractivity contribution is 5.85. The van der Waals surface area contributed by atoms with E-state index in [1.165, 1.54) is 6.42 Å². The number of carbonyl (C=O) groups is 2. The first kappa shape index (κ1) is 15.7. The Morgan fingerprint density at radius 2 is 1.78 bits per heavy atom. The van der Waals surface area contributed by atoms with E-state index in [-0.39, 0.29) is 22.2 Å². The van der Waals surface area contributed by atoms with Gasteiger partial charge in [0.05, 0.1) is 5.92 Å². The van der Waals surface area contributed by atoms with Gasteiger partial charge in [-0.05, 0) is 73.5 Å².